The number of fused-ring (bicyclic) bond motifs is 1. The smallest absolute Gasteiger partial charge is 0.300 e. The van der Waals surface area contributed by atoms with Crippen LogP contribution in [0.15, 0.2) is 36.8 Å². The van der Waals surface area contributed by atoms with Crippen LogP contribution in [0.2, 0.25) is 0 Å². The summed E-state index contributed by atoms with van der Waals surface area (Å²) in [4.78, 5) is 20.1. The number of pyridine rings is 2. The summed E-state index contributed by atoms with van der Waals surface area (Å²) in [5.74, 6) is 0.0414. The van der Waals surface area contributed by atoms with E-state index in [-0.39, 0.29) is 12.2 Å². The summed E-state index contributed by atoms with van der Waals surface area (Å²) in [6.07, 6.45) is 7.05. The summed E-state index contributed by atoms with van der Waals surface area (Å²) in [5.41, 5.74) is 3.62. The highest BCUT2D eigenvalue weighted by Gasteiger charge is 2.29. The molecule has 3 aromatic heterocycles. The van der Waals surface area contributed by atoms with Crippen LogP contribution in [0.25, 0.3) is 22.0 Å². The number of aromatic nitrogens is 3. The Morgan fingerprint density at radius 2 is 1.93 bits per heavy atom. The third-order valence-corrected chi connectivity index (χ3v) is 6.89. The minimum Gasteiger partial charge on any atom is -0.300 e. The third-order valence-electron chi connectivity index (χ3n) is 5.07. The zero-order valence-corrected chi connectivity index (χ0v) is 16.7. The number of carbonyl (C=O) groups excluding carboxylic acids is 1. The maximum Gasteiger partial charge on any atom is 0.308 e. The van der Waals surface area contributed by atoms with Crippen molar-refractivity contribution in [2.24, 2.45) is 0 Å². The topological polar surface area (TPSA) is 85.2 Å². The van der Waals surface area contributed by atoms with Gasteiger partial charge in [-0.25, -0.2) is 3.97 Å². The Labute approximate surface area is 164 Å². The quantitative estimate of drug-likeness (QED) is 0.660. The van der Waals surface area contributed by atoms with Crippen molar-refractivity contribution < 1.29 is 13.2 Å². The first-order valence-corrected chi connectivity index (χ1v) is 10.7. The fraction of sp³-hybridized carbons (Fsp3) is 0.350. The zero-order chi connectivity index (χ0) is 19.9. The molecule has 0 unspecified atom stereocenters. The third kappa shape index (κ3) is 3.22. The van der Waals surface area contributed by atoms with E-state index < -0.39 is 10.2 Å². The van der Waals surface area contributed by atoms with Crippen LogP contribution in [0.4, 0.5) is 0 Å². The normalized spacial score (nSPS) is 15.4. The van der Waals surface area contributed by atoms with Gasteiger partial charge >= 0.3 is 10.2 Å². The van der Waals surface area contributed by atoms with Crippen LogP contribution < -0.4 is 0 Å². The fourth-order valence-electron chi connectivity index (χ4n) is 3.74. The molecule has 1 aliphatic heterocycles. The van der Waals surface area contributed by atoms with E-state index in [0.717, 1.165) is 29.4 Å². The van der Waals surface area contributed by atoms with Crippen molar-refractivity contribution in [3.8, 4) is 11.1 Å². The molecule has 0 atom stereocenters. The molecule has 1 fully saturated rings. The number of hydrogen-bond donors (Lipinski definition) is 0. The standard InChI is InChI=1S/C20H22N4O3S/c1-14(25)11-17-12-16(5-7-21-17)19-13-22-15(2)20-18(19)6-10-24(20)28(26,27)23-8-3-4-9-23/h5-7,10,12-13H,3-4,8-9,11H2,1-2H3. The van der Waals surface area contributed by atoms with E-state index in [2.05, 4.69) is 9.97 Å². The van der Waals surface area contributed by atoms with Gasteiger partial charge in [0.2, 0.25) is 0 Å². The minimum absolute atomic E-state index is 0.0414. The SMILES string of the molecule is CC(=O)Cc1cc(-c2cnc(C)c3c2ccn3S(=O)(=O)N2CCCC2)ccn1. The van der Waals surface area contributed by atoms with Crippen molar-refractivity contribution in [1.29, 1.82) is 0 Å². The molecule has 1 aliphatic rings. The van der Waals surface area contributed by atoms with E-state index in [9.17, 15) is 13.2 Å². The van der Waals surface area contributed by atoms with Gasteiger partial charge in [-0.1, -0.05) is 0 Å². The van der Waals surface area contributed by atoms with Gasteiger partial charge in [0, 0.05) is 54.7 Å². The highest BCUT2D eigenvalue weighted by atomic mass is 32.2. The van der Waals surface area contributed by atoms with Crippen molar-refractivity contribution in [2.75, 3.05) is 13.1 Å². The number of rotatable bonds is 5. The predicted molar refractivity (Wildman–Crippen MR) is 107 cm³/mol. The fourth-order valence-corrected chi connectivity index (χ4v) is 5.39. The zero-order valence-electron chi connectivity index (χ0n) is 15.9. The highest BCUT2D eigenvalue weighted by Crippen LogP contribution is 2.32. The second kappa shape index (κ2) is 7.10. The molecule has 1 saturated heterocycles. The van der Waals surface area contributed by atoms with Crippen LogP contribution in [0.5, 0.6) is 0 Å². The van der Waals surface area contributed by atoms with Gasteiger partial charge in [0.25, 0.3) is 0 Å². The Hall–Kier alpha value is -2.58. The number of Topliss-reactive ketones (excluding diaryl/α,β-unsaturated/α-hetero) is 1. The van der Waals surface area contributed by atoms with Crippen molar-refractivity contribution in [3.63, 3.8) is 0 Å². The van der Waals surface area contributed by atoms with Crippen molar-refractivity contribution in [1.82, 2.24) is 18.2 Å². The predicted octanol–water partition coefficient (Wildman–Crippen LogP) is 2.73. The number of ketones is 1. The van der Waals surface area contributed by atoms with Gasteiger partial charge in [0.1, 0.15) is 5.78 Å². The molecule has 4 heterocycles. The molecule has 4 rings (SSSR count). The molecule has 146 valence electrons. The molecular formula is C20H22N4O3S. The molecule has 0 radical (unpaired) electrons. The number of aryl methyl sites for hydroxylation is 1. The first-order chi connectivity index (χ1) is 13.4. The van der Waals surface area contributed by atoms with E-state index in [1.807, 2.05) is 25.1 Å². The van der Waals surface area contributed by atoms with Gasteiger partial charge in [0.05, 0.1) is 11.2 Å². The van der Waals surface area contributed by atoms with Crippen molar-refractivity contribution >= 4 is 26.9 Å². The minimum atomic E-state index is -3.61. The molecule has 8 heteroatoms. The second-order valence-corrected chi connectivity index (χ2v) is 8.97. The van der Waals surface area contributed by atoms with Gasteiger partial charge in [-0.05, 0) is 50.5 Å². The lowest BCUT2D eigenvalue weighted by Crippen LogP contribution is -2.32. The van der Waals surface area contributed by atoms with Gasteiger partial charge in [-0.15, -0.1) is 0 Å². The lowest BCUT2D eigenvalue weighted by molar-refractivity contribution is -0.116. The van der Waals surface area contributed by atoms with E-state index in [4.69, 9.17) is 0 Å². The second-order valence-electron chi connectivity index (χ2n) is 7.16. The summed E-state index contributed by atoms with van der Waals surface area (Å²) >= 11 is 0. The molecular weight excluding hydrogens is 376 g/mol. The Morgan fingerprint density at radius 3 is 2.64 bits per heavy atom. The summed E-state index contributed by atoms with van der Waals surface area (Å²) < 4.78 is 29.1. The van der Waals surface area contributed by atoms with Crippen LogP contribution in [0.1, 0.15) is 31.2 Å². The Morgan fingerprint density at radius 1 is 1.18 bits per heavy atom. The van der Waals surface area contributed by atoms with Gasteiger partial charge in [0.15, 0.2) is 0 Å². The molecule has 0 saturated carbocycles. The van der Waals surface area contributed by atoms with E-state index in [1.165, 1.54) is 15.2 Å². The summed E-state index contributed by atoms with van der Waals surface area (Å²) in [6, 6.07) is 5.53. The van der Waals surface area contributed by atoms with Crippen molar-refractivity contribution in [3.05, 3.63) is 48.2 Å². The summed E-state index contributed by atoms with van der Waals surface area (Å²) in [6.45, 7) is 4.44. The molecule has 7 nitrogen and oxygen atoms in total. The van der Waals surface area contributed by atoms with Crippen molar-refractivity contribution in [2.45, 2.75) is 33.1 Å². The Balaban J connectivity index is 1.86. The molecule has 3 aromatic rings. The molecule has 0 amide bonds. The Kier molecular flexibility index (Phi) is 4.76. The molecule has 28 heavy (non-hydrogen) atoms. The largest absolute Gasteiger partial charge is 0.308 e. The molecule has 0 N–H and O–H groups in total. The monoisotopic (exact) mass is 398 g/mol. The van der Waals surface area contributed by atoms with E-state index in [1.54, 1.807) is 18.6 Å². The molecule has 0 aromatic carbocycles. The average molecular weight is 398 g/mol. The first kappa shape index (κ1) is 18.8. The number of carbonyl (C=O) groups is 1. The van der Waals surface area contributed by atoms with Gasteiger partial charge in [-0.2, -0.15) is 12.7 Å². The lowest BCUT2D eigenvalue weighted by atomic mass is 10.0. The highest BCUT2D eigenvalue weighted by molar-refractivity contribution is 7.87. The maximum absolute atomic E-state index is 13.1. The number of nitrogens with zero attached hydrogens (tertiary/aromatic N) is 4. The van der Waals surface area contributed by atoms with Crippen LogP contribution in [-0.2, 0) is 21.4 Å². The van der Waals surface area contributed by atoms with Crippen LogP contribution in [0.3, 0.4) is 0 Å². The number of hydrogen-bond acceptors (Lipinski definition) is 5. The van der Waals surface area contributed by atoms with Gasteiger partial charge < -0.3 is 0 Å². The van der Waals surface area contributed by atoms with Crippen LogP contribution in [-0.4, -0.2) is 45.5 Å². The lowest BCUT2D eigenvalue weighted by Gasteiger charge is -2.17. The Bertz CT molecular complexity index is 1160. The first-order valence-electron chi connectivity index (χ1n) is 9.30. The molecule has 0 bridgehead atoms. The molecule has 0 spiro atoms. The van der Waals surface area contributed by atoms with Gasteiger partial charge in [-0.3, -0.25) is 14.8 Å². The summed E-state index contributed by atoms with van der Waals surface area (Å²) in [5, 5.41) is 0.815. The van der Waals surface area contributed by atoms with E-state index >= 15 is 0 Å². The van der Waals surface area contributed by atoms with Crippen LogP contribution in [0, 0.1) is 6.92 Å². The average Bonchev–Trinajstić information content (AvgIpc) is 3.33. The molecule has 0 aliphatic carbocycles. The van der Waals surface area contributed by atoms with E-state index in [0.29, 0.717) is 30.0 Å². The summed E-state index contributed by atoms with van der Waals surface area (Å²) in [7, 11) is -3.61. The maximum atomic E-state index is 13.1. The van der Waals surface area contributed by atoms with Crippen LogP contribution >= 0.6 is 0 Å².